The number of ether oxygens (including phenoxy) is 4. The number of fused-ring (bicyclic) bond motifs is 3. The van der Waals surface area contributed by atoms with Gasteiger partial charge in [-0.15, -0.1) is 0 Å². The van der Waals surface area contributed by atoms with Crippen LogP contribution in [0.4, 0.5) is 0 Å². The van der Waals surface area contributed by atoms with E-state index in [1.54, 1.807) is 14.0 Å². The average Bonchev–Trinajstić information content (AvgIpc) is 3.04. The van der Waals surface area contributed by atoms with E-state index >= 15 is 0 Å². The van der Waals surface area contributed by atoms with Crippen LogP contribution < -0.4 is 5.11 Å². The van der Waals surface area contributed by atoms with Gasteiger partial charge in [-0.1, -0.05) is 20.8 Å². The molecule has 6 nitrogen and oxygen atoms in total. The Morgan fingerprint density at radius 3 is 2.50 bits per heavy atom. The first-order valence-corrected chi connectivity index (χ1v) is 14.9. The molecule has 0 N–H and O–H groups in total. The van der Waals surface area contributed by atoms with Gasteiger partial charge in [0.15, 0.2) is 12.6 Å². The molecule has 4 saturated carbocycles. The Morgan fingerprint density at radius 2 is 1.78 bits per heavy atom. The maximum atomic E-state index is 11.9. The molecule has 0 aromatic heterocycles. The van der Waals surface area contributed by atoms with Crippen molar-refractivity contribution in [3.8, 4) is 0 Å². The molecular weight excluding hydrogens is 456 g/mol. The van der Waals surface area contributed by atoms with Crippen molar-refractivity contribution in [2.75, 3.05) is 13.7 Å². The Morgan fingerprint density at radius 1 is 0.972 bits per heavy atom. The zero-order valence-electron chi connectivity index (χ0n) is 22.8. The minimum absolute atomic E-state index is 0.00657. The van der Waals surface area contributed by atoms with Crippen LogP contribution in [0.3, 0.4) is 0 Å². The molecule has 0 aromatic carbocycles. The van der Waals surface area contributed by atoms with Crippen molar-refractivity contribution in [3.05, 3.63) is 0 Å². The number of carbonyl (C=O) groups is 1. The van der Waals surface area contributed by atoms with Crippen molar-refractivity contribution in [1.29, 1.82) is 0 Å². The summed E-state index contributed by atoms with van der Waals surface area (Å²) in [6.07, 6.45) is 13.7. The molecule has 6 unspecified atom stereocenters. The second kappa shape index (κ2) is 9.20. The molecule has 2 heterocycles. The fraction of sp³-hybridized carbons (Fsp3) is 0.967. The summed E-state index contributed by atoms with van der Waals surface area (Å²) < 4.78 is 25.3. The van der Waals surface area contributed by atoms with E-state index in [0.29, 0.717) is 35.2 Å². The van der Waals surface area contributed by atoms with Crippen molar-refractivity contribution >= 4 is 5.97 Å². The van der Waals surface area contributed by atoms with Crippen molar-refractivity contribution in [2.45, 2.75) is 122 Å². The number of rotatable bonds is 5. The first kappa shape index (κ1) is 25.6. The highest BCUT2D eigenvalue weighted by molar-refractivity contribution is 5.67. The highest BCUT2D eigenvalue weighted by atomic mass is 16.7. The maximum absolute atomic E-state index is 11.9. The minimum Gasteiger partial charge on any atom is -0.550 e. The van der Waals surface area contributed by atoms with Crippen LogP contribution in [0.15, 0.2) is 0 Å². The molecule has 6 heteroatoms. The van der Waals surface area contributed by atoms with Crippen LogP contribution in [-0.4, -0.2) is 44.0 Å². The zero-order valence-corrected chi connectivity index (χ0v) is 22.8. The molecule has 2 aliphatic heterocycles. The Labute approximate surface area is 217 Å². The smallest absolute Gasteiger partial charge is 0.161 e. The molecule has 0 radical (unpaired) electrons. The van der Waals surface area contributed by atoms with E-state index in [1.807, 2.05) is 0 Å². The van der Waals surface area contributed by atoms with Crippen molar-refractivity contribution in [1.82, 2.24) is 0 Å². The van der Waals surface area contributed by atoms with Crippen molar-refractivity contribution in [2.24, 2.45) is 46.3 Å². The predicted octanol–water partition coefficient (Wildman–Crippen LogP) is 4.68. The van der Waals surface area contributed by atoms with Gasteiger partial charge in [-0.05, 0) is 106 Å². The molecule has 0 aromatic rings. The van der Waals surface area contributed by atoms with Gasteiger partial charge in [-0.2, -0.15) is 0 Å². The predicted molar refractivity (Wildman–Crippen MR) is 132 cm³/mol. The van der Waals surface area contributed by atoms with Crippen LogP contribution in [0.2, 0.25) is 0 Å². The second-order valence-corrected chi connectivity index (χ2v) is 13.7. The molecular formula is C30H47O6-. The number of carboxylic acid groups (broad SMARTS) is 1. The molecule has 36 heavy (non-hydrogen) atoms. The monoisotopic (exact) mass is 503 g/mol. The van der Waals surface area contributed by atoms with Gasteiger partial charge in [0, 0.05) is 36.9 Å². The van der Waals surface area contributed by atoms with Crippen molar-refractivity contribution in [3.63, 3.8) is 0 Å². The first-order valence-electron chi connectivity index (χ1n) is 14.9. The van der Waals surface area contributed by atoms with E-state index in [-0.39, 0.29) is 23.2 Å². The van der Waals surface area contributed by atoms with E-state index in [2.05, 4.69) is 13.8 Å². The van der Waals surface area contributed by atoms with Gasteiger partial charge in [0.2, 0.25) is 0 Å². The molecule has 6 rings (SSSR count). The lowest BCUT2D eigenvalue weighted by Crippen LogP contribution is -2.68. The molecule has 4 aliphatic carbocycles. The summed E-state index contributed by atoms with van der Waals surface area (Å²) in [5.41, 5.74) is 0.144. The van der Waals surface area contributed by atoms with Crippen LogP contribution in [0.1, 0.15) is 97.8 Å². The summed E-state index contributed by atoms with van der Waals surface area (Å²) in [5, 5.41) is 11.9. The van der Waals surface area contributed by atoms with Gasteiger partial charge in [-0.3, -0.25) is 0 Å². The van der Waals surface area contributed by atoms with E-state index in [1.165, 1.54) is 38.5 Å². The number of carbonyl (C=O) groups excluding carboxylic acids is 1. The molecule has 0 amide bonds. The standard InChI is InChI=1S/C30H48O6/c1-18(26(31)32)25-23-12-15-30(36-27(25)33-4)22-9-8-19-17-20(35-24-7-5-6-16-34-24)10-13-28(19,2)21(22)11-14-29(23,30)3/h18-25,27H,5-17H2,1-4H3,(H,31,32)/p-1/t18?,19?,20?,21-,22+,23+,24?,25?,27?,28-,29+,30+/m0/s1. The normalized spacial score (nSPS) is 53.1. The third-order valence-corrected chi connectivity index (χ3v) is 12.6. The van der Waals surface area contributed by atoms with Gasteiger partial charge in [-0.25, -0.2) is 0 Å². The van der Waals surface area contributed by atoms with Crippen LogP contribution in [0.25, 0.3) is 0 Å². The molecule has 12 atom stereocenters. The number of hydrogen-bond acceptors (Lipinski definition) is 6. The molecule has 204 valence electrons. The molecule has 0 spiro atoms. The molecule has 2 saturated heterocycles. The van der Waals surface area contributed by atoms with Gasteiger partial charge in [0.25, 0.3) is 0 Å². The SMILES string of the molecule is COC1O[C@@]23CC[C@H](C1C(C)C(=O)[O-])[C@@]2(C)CC[C@H]1[C@H]3CCC2CC(OC3CCCCO3)CC[C@@]21C. The van der Waals surface area contributed by atoms with Gasteiger partial charge in [0.05, 0.1) is 11.7 Å². The lowest BCUT2D eigenvalue weighted by Gasteiger charge is -2.67. The summed E-state index contributed by atoms with van der Waals surface area (Å²) >= 11 is 0. The summed E-state index contributed by atoms with van der Waals surface area (Å²) in [6.45, 7) is 7.63. The van der Waals surface area contributed by atoms with E-state index in [9.17, 15) is 9.90 Å². The number of hydrogen-bond donors (Lipinski definition) is 0. The Kier molecular flexibility index (Phi) is 6.54. The third-order valence-electron chi connectivity index (χ3n) is 12.6. The van der Waals surface area contributed by atoms with Gasteiger partial charge < -0.3 is 28.8 Å². The number of carboxylic acids is 1. The number of methoxy groups -OCH3 is 1. The van der Waals surface area contributed by atoms with Gasteiger partial charge >= 0.3 is 0 Å². The lowest BCUT2D eigenvalue weighted by atomic mass is 9.42. The Balaban J connectivity index is 1.23. The van der Waals surface area contributed by atoms with Crippen LogP contribution >= 0.6 is 0 Å². The molecule has 2 bridgehead atoms. The van der Waals surface area contributed by atoms with Gasteiger partial charge in [0.1, 0.15) is 0 Å². The van der Waals surface area contributed by atoms with Crippen LogP contribution in [0, 0.1) is 46.3 Å². The fourth-order valence-corrected chi connectivity index (χ4v) is 10.7. The highest BCUT2D eigenvalue weighted by Gasteiger charge is 2.73. The third kappa shape index (κ3) is 3.60. The second-order valence-electron chi connectivity index (χ2n) is 13.7. The van der Waals surface area contributed by atoms with Crippen LogP contribution in [0.5, 0.6) is 0 Å². The van der Waals surface area contributed by atoms with Crippen LogP contribution in [-0.2, 0) is 23.7 Å². The minimum atomic E-state index is -0.979. The van der Waals surface area contributed by atoms with E-state index in [0.717, 1.165) is 45.1 Å². The summed E-state index contributed by atoms with van der Waals surface area (Å²) in [7, 11) is 1.69. The van der Waals surface area contributed by atoms with Crippen molar-refractivity contribution < 1.29 is 28.8 Å². The van der Waals surface area contributed by atoms with E-state index < -0.39 is 18.2 Å². The highest BCUT2D eigenvalue weighted by Crippen LogP contribution is 2.73. The molecule has 6 aliphatic rings. The zero-order chi connectivity index (χ0) is 25.3. The number of aliphatic carboxylic acids is 1. The quantitative estimate of drug-likeness (QED) is 0.507. The molecule has 6 fully saturated rings. The van der Waals surface area contributed by atoms with E-state index in [4.69, 9.17) is 18.9 Å². The first-order chi connectivity index (χ1) is 17.2. The Hall–Kier alpha value is -0.690. The Bertz CT molecular complexity index is 841. The summed E-state index contributed by atoms with van der Waals surface area (Å²) in [5.74, 6) is 0.511. The summed E-state index contributed by atoms with van der Waals surface area (Å²) in [4.78, 5) is 11.9. The lowest BCUT2D eigenvalue weighted by molar-refractivity contribution is -0.353. The average molecular weight is 504 g/mol. The maximum Gasteiger partial charge on any atom is 0.161 e. The topological polar surface area (TPSA) is 77.1 Å². The fourth-order valence-electron chi connectivity index (χ4n) is 10.7. The summed E-state index contributed by atoms with van der Waals surface area (Å²) in [6, 6.07) is 0. The largest absolute Gasteiger partial charge is 0.550 e.